The molecule has 0 bridgehead atoms. The molecule has 0 saturated carbocycles. The van der Waals surface area contributed by atoms with E-state index in [4.69, 9.17) is 11.6 Å². The van der Waals surface area contributed by atoms with Crippen LogP contribution in [-0.2, 0) is 6.42 Å². The lowest BCUT2D eigenvalue weighted by Gasteiger charge is -2.13. The Bertz CT molecular complexity index is 324. The fourth-order valence-electron chi connectivity index (χ4n) is 2.37. The van der Waals surface area contributed by atoms with Crippen molar-refractivity contribution in [1.29, 1.82) is 0 Å². The van der Waals surface area contributed by atoms with Crippen LogP contribution in [0.15, 0.2) is 24.3 Å². The molecular weight excluding hydrogens is 224 g/mol. The highest BCUT2D eigenvalue weighted by Gasteiger charge is 2.29. The highest BCUT2D eigenvalue weighted by molar-refractivity contribution is 7.98. The molecule has 1 aromatic carbocycles. The van der Waals surface area contributed by atoms with Crippen molar-refractivity contribution in [1.82, 2.24) is 0 Å². The zero-order chi connectivity index (χ0) is 10.7. The van der Waals surface area contributed by atoms with Gasteiger partial charge in [0.2, 0.25) is 0 Å². The van der Waals surface area contributed by atoms with Gasteiger partial charge in [-0.25, -0.2) is 0 Å². The van der Waals surface area contributed by atoms with Crippen molar-refractivity contribution in [2.75, 3.05) is 12.0 Å². The van der Waals surface area contributed by atoms with Gasteiger partial charge in [0.1, 0.15) is 0 Å². The summed E-state index contributed by atoms with van der Waals surface area (Å²) in [6, 6.07) is 8.62. The van der Waals surface area contributed by atoms with E-state index in [-0.39, 0.29) is 5.38 Å². The summed E-state index contributed by atoms with van der Waals surface area (Å²) in [6.45, 7) is 0. The van der Waals surface area contributed by atoms with Crippen molar-refractivity contribution >= 4 is 23.4 Å². The molecule has 15 heavy (non-hydrogen) atoms. The van der Waals surface area contributed by atoms with Crippen LogP contribution in [-0.4, -0.2) is 12.0 Å². The van der Waals surface area contributed by atoms with Gasteiger partial charge in [-0.15, -0.1) is 11.6 Å². The van der Waals surface area contributed by atoms with Crippen LogP contribution >= 0.6 is 23.4 Å². The standard InChI is InChI=1S/C13H17ClS/c1-15-8-4-6-11-9-10-5-2-3-7-12(10)13(11)14/h2-3,5,7,11,13H,4,6,8-9H2,1H3. The second kappa shape index (κ2) is 5.27. The van der Waals surface area contributed by atoms with Crippen LogP contribution in [0.2, 0.25) is 0 Å². The van der Waals surface area contributed by atoms with E-state index in [0.717, 1.165) is 0 Å². The number of thioether (sulfide) groups is 1. The molecule has 82 valence electrons. The number of alkyl halides is 1. The van der Waals surface area contributed by atoms with Crippen LogP contribution in [0, 0.1) is 5.92 Å². The Kier molecular flexibility index (Phi) is 3.99. The summed E-state index contributed by atoms with van der Waals surface area (Å²) in [5.41, 5.74) is 2.83. The molecule has 0 nitrogen and oxygen atoms in total. The highest BCUT2D eigenvalue weighted by atomic mass is 35.5. The molecule has 0 N–H and O–H groups in total. The quantitative estimate of drug-likeness (QED) is 0.559. The first-order valence-electron chi connectivity index (χ1n) is 5.53. The van der Waals surface area contributed by atoms with E-state index in [1.165, 1.54) is 36.1 Å². The molecule has 0 aliphatic heterocycles. The molecule has 2 rings (SSSR count). The third-order valence-corrected chi connectivity index (χ3v) is 4.46. The molecular formula is C13H17ClS. The molecule has 2 atom stereocenters. The van der Waals surface area contributed by atoms with Crippen molar-refractivity contribution in [2.45, 2.75) is 24.6 Å². The maximum Gasteiger partial charge on any atom is 0.0619 e. The maximum absolute atomic E-state index is 6.48. The van der Waals surface area contributed by atoms with Crippen molar-refractivity contribution in [3.8, 4) is 0 Å². The van der Waals surface area contributed by atoms with Crippen molar-refractivity contribution in [3.05, 3.63) is 35.4 Å². The largest absolute Gasteiger partial charge is 0.165 e. The molecule has 0 fully saturated rings. The van der Waals surface area contributed by atoms with Gasteiger partial charge in [-0.05, 0) is 48.3 Å². The summed E-state index contributed by atoms with van der Waals surface area (Å²) in [5.74, 6) is 1.92. The molecule has 0 radical (unpaired) electrons. The molecule has 1 aliphatic carbocycles. The third-order valence-electron chi connectivity index (χ3n) is 3.17. The number of hydrogen-bond donors (Lipinski definition) is 0. The first kappa shape index (κ1) is 11.3. The first-order chi connectivity index (χ1) is 7.33. The number of rotatable bonds is 4. The molecule has 0 heterocycles. The molecule has 0 aromatic heterocycles. The first-order valence-corrected chi connectivity index (χ1v) is 7.36. The second-order valence-corrected chi connectivity index (χ2v) is 5.66. The SMILES string of the molecule is CSCCCC1Cc2ccccc2C1Cl. The van der Waals surface area contributed by atoms with Gasteiger partial charge in [-0.1, -0.05) is 24.3 Å². The lowest BCUT2D eigenvalue weighted by Crippen LogP contribution is -2.03. The van der Waals surface area contributed by atoms with Crippen LogP contribution in [0.1, 0.15) is 29.3 Å². The Labute approximate surface area is 101 Å². The Morgan fingerprint density at radius 3 is 2.93 bits per heavy atom. The molecule has 0 saturated heterocycles. The predicted octanol–water partition coefficient (Wildman–Crippen LogP) is 4.28. The Balaban J connectivity index is 1.97. The highest BCUT2D eigenvalue weighted by Crippen LogP contribution is 2.42. The maximum atomic E-state index is 6.48. The zero-order valence-corrected chi connectivity index (χ0v) is 10.7. The van der Waals surface area contributed by atoms with E-state index in [0.29, 0.717) is 5.92 Å². The Hall–Kier alpha value is -0.140. The molecule has 0 spiro atoms. The lowest BCUT2D eigenvalue weighted by atomic mass is 10.0. The fraction of sp³-hybridized carbons (Fsp3) is 0.538. The van der Waals surface area contributed by atoms with Gasteiger partial charge in [0.15, 0.2) is 0 Å². The fourth-order valence-corrected chi connectivity index (χ4v) is 3.25. The van der Waals surface area contributed by atoms with Gasteiger partial charge in [0, 0.05) is 0 Å². The van der Waals surface area contributed by atoms with Crippen molar-refractivity contribution < 1.29 is 0 Å². The van der Waals surface area contributed by atoms with Gasteiger partial charge in [-0.2, -0.15) is 11.8 Å². The molecule has 0 amide bonds. The normalized spacial score (nSPS) is 24.1. The average molecular weight is 241 g/mol. The Morgan fingerprint density at radius 1 is 1.40 bits per heavy atom. The molecule has 1 aromatic rings. The van der Waals surface area contributed by atoms with E-state index >= 15 is 0 Å². The van der Waals surface area contributed by atoms with E-state index in [9.17, 15) is 0 Å². The van der Waals surface area contributed by atoms with Crippen LogP contribution in [0.5, 0.6) is 0 Å². The predicted molar refractivity (Wildman–Crippen MR) is 69.8 cm³/mol. The average Bonchev–Trinajstić information content (AvgIpc) is 2.57. The number of fused-ring (bicyclic) bond motifs is 1. The summed E-state index contributed by atoms with van der Waals surface area (Å²) in [7, 11) is 0. The minimum Gasteiger partial charge on any atom is -0.165 e. The molecule has 2 unspecified atom stereocenters. The number of hydrogen-bond acceptors (Lipinski definition) is 1. The van der Waals surface area contributed by atoms with Crippen LogP contribution in [0.3, 0.4) is 0 Å². The van der Waals surface area contributed by atoms with E-state index in [1.807, 2.05) is 11.8 Å². The monoisotopic (exact) mass is 240 g/mol. The van der Waals surface area contributed by atoms with Crippen molar-refractivity contribution in [3.63, 3.8) is 0 Å². The van der Waals surface area contributed by atoms with Gasteiger partial charge in [-0.3, -0.25) is 0 Å². The van der Waals surface area contributed by atoms with Gasteiger partial charge in [0.05, 0.1) is 5.38 Å². The second-order valence-electron chi connectivity index (χ2n) is 4.20. The van der Waals surface area contributed by atoms with Gasteiger partial charge >= 0.3 is 0 Å². The summed E-state index contributed by atoms with van der Waals surface area (Å²) in [6.07, 6.45) is 5.91. The summed E-state index contributed by atoms with van der Waals surface area (Å²) >= 11 is 8.41. The van der Waals surface area contributed by atoms with E-state index < -0.39 is 0 Å². The van der Waals surface area contributed by atoms with Crippen LogP contribution in [0.4, 0.5) is 0 Å². The topological polar surface area (TPSA) is 0 Å². The smallest absolute Gasteiger partial charge is 0.0619 e. The number of benzene rings is 1. The van der Waals surface area contributed by atoms with E-state index in [2.05, 4.69) is 30.5 Å². The summed E-state index contributed by atoms with van der Waals surface area (Å²) in [4.78, 5) is 0. The zero-order valence-electron chi connectivity index (χ0n) is 9.08. The summed E-state index contributed by atoms with van der Waals surface area (Å²) < 4.78 is 0. The molecule has 1 aliphatic rings. The minimum absolute atomic E-state index is 0.253. The van der Waals surface area contributed by atoms with E-state index in [1.54, 1.807) is 0 Å². The molecule has 2 heteroatoms. The number of halogens is 1. The lowest BCUT2D eigenvalue weighted by molar-refractivity contribution is 0.496. The third kappa shape index (κ3) is 2.51. The van der Waals surface area contributed by atoms with Gasteiger partial charge < -0.3 is 0 Å². The summed E-state index contributed by atoms with van der Waals surface area (Å²) in [5, 5.41) is 0.253. The van der Waals surface area contributed by atoms with Gasteiger partial charge in [0.25, 0.3) is 0 Å². The van der Waals surface area contributed by atoms with Crippen LogP contribution in [0.25, 0.3) is 0 Å². The Morgan fingerprint density at radius 2 is 2.20 bits per heavy atom. The minimum atomic E-state index is 0.253. The van der Waals surface area contributed by atoms with Crippen LogP contribution < -0.4 is 0 Å². The van der Waals surface area contributed by atoms with Crippen molar-refractivity contribution in [2.24, 2.45) is 5.92 Å².